The van der Waals surface area contributed by atoms with Crippen LogP contribution in [0.5, 0.6) is 0 Å². The molecule has 1 aliphatic rings. The van der Waals surface area contributed by atoms with E-state index < -0.39 is 22.0 Å². The Morgan fingerprint density at radius 2 is 1.96 bits per heavy atom. The average molecular weight is 372 g/mol. The van der Waals surface area contributed by atoms with Crippen LogP contribution in [0.2, 0.25) is 0 Å². The van der Waals surface area contributed by atoms with Gasteiger partial charge in [-0.3, -0.25) is 4.79 Å². The van der Waals surface area contributed by atoms with Gasteiger partial charge < -0.3 is 14.1 Å². The second-order valence-electron chi connectivity index (χ2n) is 5.62. The van der Waals surface area contributed by atoms with E-state index >= 15 is 0 Å². The van der Waals surface area contributed by atoms with Crippen molar-refractivity contribution in [1.82, 2.24) is 9.21 Å². The Kier molecular flexibility index (Phi) is 6.23. The molecule has 0 radical (unpaired) electrons. The van der Waals surface area contributed by atoms with Crippen molar-refractivity contribution in [1.29, 1.82) is 0 Å². The number of rotatable bonds is 7. The molecule has 1 amide bonds. The van der Waals surface area contributed by atoms with Crippen molar-refractivity contribution in [3.63, 3.8) is 0 Å². The number of esters is 1. The summed E-state index contributed by atoms with van der Waals surface area (Å²) in [6, 6.07) is 1.75. The van der Waals surface area contributed by atoms with Gasteiger partial charge in [-0.15, -0.1) is 0 Å². The lowest BCUT2D eigenvalue weighted by molar-refractivity contribution is -0.134. The zero-order valence-corrected chi connectivity index (χ0v) is 15.5. The van der Waals surface area contributed by atoms with Crippen LogP contribution in [-0.2, 0) is 19.6 Å². The molecule has 8 nitrogen and oxygen atoms in total. The van der Waals surface area contributed by atoms with Crippen LogP contribution < -0.4 is 0 Å². The number of ether oxygens (including phenoxy) is 1. The van der Waals surface area contributed by atoms with Gasteiger partial charge in [0.2, 0.25) is 16.8 Å². The minimum absolute atomic E-state index is 0.161. The Balaban J connectivity index is 2.26. The van der Waals surface area contributed by atoms with Gasteiger partial charge in [-0.1, -0.05) is 0 Å². The molecule has 1 atom stereocenters. The molecule has 0 bridgehead atoms. The summed E-state index contributed by atoms with van der Waals surface area (Å²) in [4.78, 5) is 25.9. The molecule has 1 unspecified atom stereocenters. The third-order valence-corrected chi connectivity index (χ3v) is 5.97. The maximum Gasteiger partial charge on any atom is 0.374 e. The number of hydrogen-bond acceptors (Lipinski definition) is 6. The molecule has 25 heavy (non-hydrogen) atoms. The number of sulfonamides is 1. The normalized spacial score (nSPS) is 18.3. The summed E-state index contributed by atoms with van der Waals surface area (Å²) in [6.45, 7) is 6.80. The Hall–Kier alpha value is -1.87. The van der Waals surface area contributed by atoms with E-state index in [0.29, 0.717) is 25.9 Å². The van der Waals surface area contributed by atoms with E-state index in [-0.39, 0.29) is 29.9 Å². The van der Waals surface area contributed by atoms with Crippen LogP contribution >= 0.6 is 0 Å². The monoisotopic (exact) mass is 372 g/mol. The van der Waals surface area contributed by atoms with Crippen molar-refractivity contribution >= 4 is 21.9 Å². The molecule has 1 aromatic heterocycles. The molecule has 1 aromatic rings. The number of likely N-dealkylation sites (N-methyl/N-ethyl adjacent to an activating group) is 1. The van der Waals surface area contributed by atoms with Gasteiger partial charge in [-0.2, -0.15) is 4.31 Å². The summed E-state index contributed by atoms with van der Waals surface area (Å²) in [5, 5.41) is -0.352. The molecule has 140 valence electrons. The molecule has 2 heterocycles. The Bertz CT molecular complexity index is 723. The highest BCUT2D eigenvalue weighted by Crippen LogP contribution is 2.28. The van der Waals surface area contributed by atoms with Gasteiger partial charge >= 0.3 is 5.97 Å². The van der Waals surface area contributed by atoms with Crippen molar-refractivity contribution in [3.8, 4) is 0 Å². The number of nitrogens with zero attached hydrogens (tertiary/aromatic N) is 2. The fourth-order valence-corrected chi connectivity index (χ4v) is 4.47. The van der Waals surface area contributed by atoms with Gasteiger partial charge in [0.25, 0.3) is 10.0 Å². The highest BCUT2D eigenvalue weighted by atomic mass is 32.2. The SMILES string of the molecule is CCOC(=O)c1ccc(S(=O)(=O)N2CCCC2C(=O)N(CC)CC)o1. The van der Waals surface area contributed by atoms with Crippen molar-refractivity contribution in [2.75, 3.05) is 26.2 Å². The first-order valence-corrected chi connectivity index (χ1v) is 9.88. The number of hydrogen-bond donors (Lipinski definition) is 0. The first-order chi connectivity index (χ1) is 11.9. The summed E-state index contributed by atoms with van der Waals surface area (Å²) in [7, 11) is -4.00. The van der Waals surface area contributed by atoms with Gasteiger partial charge in [0.05, 0.1) is 6.61 Å². The van der Waals surface area contributed by atoms with E-state index in [1.54, 1.807) is 11.8 Å². The summed E-state index contributed by atoms with van der Waals surface area (Å²) in [5.74, 6) is -1.10. The van der Waals surface area contributed by atoms with Crippen molar-refractivity contribution in [3.05, 3.63) is 17.9 Å². The molecule has 0 N–H and O–H groups in total. The van der Waals surface area contributed by atoms with E-state index in [9.17, 15) is 18.0 Å². The summed E-state index contributed by atoms with van der Waals surface area (Å²) < 4.78 is 36.9. The minimum atomic E-state index is -4.00. The maximum atomic E-state index is 12.9. The molecule has 0 saturated carbocycles. The first-order valence-electron chi connectivity index (χ1n) is 8.44. The van der Waals surface area contributed by atoms with Crippen molar-refractivity contribution in [2.45, 2.75) is 44.7 Å². The van der Waals surface area contributed by atoms with Crippen LogP contribution in [0.4, 0.5) is 0 Å². The molecule has 2 rings (SSSR count). The van der Waals surface area contributed by atoms with E-state index in [0.717, 1.165) is 0 Å². The smallest absolute Gasteiger partial charge is 0.374 e. The van der Waals surface area contributed by atoms with Crippen molar-refractivity contribution < 1.29 is 27.2 Å². The third-order valence-electron chi connectivity index (χ3n) is 4.18. The maximum absolute atomic E-state index is 12.9. The van der Waals surface area contributed by atoms with Crippen LogP contribution in [0.3, 0.4) is 0 Å². The van der Waals surface area contributed by atoms with E-state index in [4.69, 9.17) is 9.15 Å². The van der Waals surface area contributed by atoms with Crippen LogP contribution in [0, 0.1) is 0 Å². The van der Waals surface area contributed by atoms with Crippen LogP contribution in [0.15, 0.2) is 21.6 Å². The third kappa shape index (κ3) is 3.87. The fourth-order valence-electron chi connectivity index (χ4n) is 2.91. The molecule has 1 saturated heterocycles. The highest BCUT2D eigenvalue weighted by Gasteiger charge is 2.42. The molecule has 9 heteroatoms. The van der Waals surface area contributed by atoms with Gasteiger partial charge in [-0.25, -0.2) is 13.2 Å². The van der Waals surface area contributed by atoms with Gasteiger partial charge in [0.1, 0.15) is 6.04 Å². The minimum Gasteiger partial charge on any atom is -0.460 e. The second kappa shape index (κ2) is 8.01. The van der Waals surface area contributed by atoms with E-state index in [1.165, 1.54) is 16.4 Å². The first kappa shape index (κ1) is 19.5. The summed E-state index contributed by atoms with van der Waals surface area (Å²) >= 11 is 0. The lowest BCUT2D eigenvalue weighted by atomic mass is 10.2. The molecular weight excluding hydrogens is 348 g/mol. The molecule has 0 aliphatic carbocycles. The van der Waals surface area contributed by atoms with Crippen molar-refractivity contribution in [2.24, 2.45) is 0 Å². The highest BCUT2D eigenvalue weighted by molar-refractivity contribution is 7.89. The largest absolute Gasteiger partial charge is 0.460 e. The lowest BCUT2D eigenvalue weighted by Gasteiger charge is -2.27. The van der Waals surface area contributed by atoms with Gasteiger partial charge in [0.15, 0.2) is 0 Å². The quantitative estimate of drug-likeness (QED) is 0.673. The fraction of sp³-hybridized carbons (Fsp3) is 0.625. The zero-order valence-electron chi connectivity index (χ0n) is 14.7. The zero-order chi connectivity index (χ0) is 18.6. The van der Waals surface area contributed by atoms with E-state index in [1.807, 2.05) is 13.8 Å². The molecule has 1 fully saturated rings. The molecule has 0 spiro atoms. The Morgan fingerprint density at radius 1 is 1.28 bits per heavy atom. The number of furan rings is 1. The van der Waals surface area contributed by atoms with Crippen LogP contribution in [-0.4, -0.2) is 61.8 Å². The van der Waals surface area contributed by atoms with Crippen LogP contribution in [0.1, 0.15) is 44.2 Å². The summed E-state index contributed by atoms with van der Waals surface area (Å²) in [6.07, 6.45) is 1.07. The standard InChI is InChI=1S/C16H24N2O6S/c1-4-17(5-2)15(19)12-8-7-11-18(12)25(21,22)14-10-9-13(24-14)16(20)23-6-3/h9-10,12H,4-8,11H2,1-3H3. The van der Waals surface area contributed by atoms with Crippen LogP contribution in [0.25, 0.3) is 0 Å². The molecule has 1 aliphatic heterocycles. The number of carbonyl (C=O) groups excluding carboxylic acids is 2. The number of carbonyl (C=O) groups is 2. The topological polar surface area (TPSA) is 97.1 Å². The Labute approximate surface area is 147 Å². The summed E-state index contributed by atoms with van der Waals surface area (Å²) in [5.41, 5.74) is 0. The van der Waals surface area contributed by atoms with Gasteiger partial charge in [0, 0.05) is 19.6 Å². The van der Waals surface area contributed by atoms with E-state index in [2.05, 4.69) is 0 Å². The predicted molar refractivity (Wildman–Crippen MR) is 89.5 cm³/mol. The number of amides is 1. The molecule has 0 aromatic carbocycles. The average Bonchev–Trinajstić information content (AvgIpc) is 3.26. The molecular formula is C16H24N2O6S. The lowest BCUT2D eigenvalue weighted by Crippen LogP contribution is -2.47. The van der Waals surface area contributed by atoms with Gasteiger partial charge in [-0.05, 0) is 45.7 Å². The Morgan fingerprint density at radius 3 is 2.56 bits per heavy atom. The second-order valence-corrected chi connectivity index (χ2v) is 7.44. The predicted octanol–water partition coefficient (Wildman–Crippen LogP) is 1.48.